The van der Waals surface area contributed by atoms with Crippen LogP contribution < -0.4 is 14.8 Å². The van der Waals surface area contributed by atoms with Crippen LogP contribution in [-0.4, -0.2) is 50.0 Å². The van der Waals surface area contributed by atoms with Gasteiger partial charge in [0.25, 0.3) is 5.91 Å². The maximum absolute atomic E-state index is 12.3. The standard InChI is InChI=1S/C16H22ClNO6/c1-4-6-24-14-11(17)7-10(8-13(14)23-5-2)15(19)18-12(9-22-3)16(20)21/h7-8,12H,4-6,9H2,1-3H3,(H,18,19)(H,20,21). The monoisotopic (exact) mass is 359 g/mol. The highest BCUT2D eigenvalue weighted by molar-refractivity contribution is 6.32. The van der Waals surface area contributed by atoms with E-state index in [1.807, 2.05) is 6.92 Å². The van der Waals surface area contributed by atoms with Crippen molar-refractivity contribution in [2.75, 3.05) is 26.9 Å². The van der Waals surface area contributed by atoms with Crippen LogP contribution in [0.15, 0.2) is 12.1 Å². The summed E-state index contributed by atoms with van der Waals surface area (Å²) in [5, 5.41) is 11.7. The van der Waals surface area contributed by atoms with Gasteiger partial charge in [-0.25, -0.2) is 4.79 Å². The van der Waals surface area contributed by atoms with Crippen molar-refractivity contribution < 1.29 is 28.9 Å². The second-order valence-electron chi connectivity index (χ2n) is 4.89. The average molecular weight is 360 g/mol. The molecule has 1 aromatic rings. The third-order valence-electron chi connectivity index (χ3n) is 2.96. The van der Waals surface area contributed by atoms with Gasteiger partial charge < -0.3 is 24.6 Å². The lowest BCUT2D eigenvalue weighted by Gasteiger charge is -2.16. The summed E-state index contributed by atoms with van der Waals surface area (Å²) in [6.07, 6.45) is 0.793. The van der Waals surface area contributed by atoms with Gasteiger partial charge in [-0.1, -0.05) is 18.5 Å². The Balaban J connectivity index is 3.06. The predicted octanol–water partition coefficient (Wildman–Crippen LogP) is 2.36. The lowest BCUT2D eigenvalue weighted by molar-refractivity contribution is -0.140. The van der Waals surface area contributed by atoms with E-state index in [0.29, 0.717) is 24.7 Å². The third kappa shape index (κ3) is 5.58. The maximum Gasteiger partial charge on any atom is 0.328 e. The highest BCUT2D eigenvalue weighted by atomic mass is 35.5. The van der Waals surface area contributed by atoms with E-state index in [1.54, 1.807) is 6.92 Å². The molecule has 0 fully saturated rings. The molecule has 0 aliphatic heterocycles. The summed E-state index contributed by atoms with van der Waals surface area (Å²) in [6, 6.07) is 1.73. The van der Waals surface area contributed by atoms with E-state index in [2.05, 4.69) is 5.32 Å². The van der Waals surface area contributed by atoms with Crippen LogP contribution in [0.1, 0.15) is 30.6 Å². The average Bonchev–Trinajstić information content (AvgIpc) is 2.53. The number of methoxy groups -OCH3 is 1. The fourth-order valence-electron chi connectivity index (χ4n) is 1.89. The Bertz CT molecular complexity index is 578. The molecule has 0 saturated carbocycles. The van der Waals surface area contributed by atoms with Gasteiger partial charge in [0.2, 0.25) is 0 Å². The van der Waals surface area contributed by atoms with Gasteiger partial charge in [-0.2, -0.15) is 0 Å². The number of carboxylic acids is 1. The Morgan fingerprint density at radius 2 is 2.00 bits per heavy atom. The zero-order valence-electron chi connectivity index (χ0n) is 13.9. The van der Waals surface area contributed by atoms with Crippen molar-refractivity contribution in [2.45, 2.75) is 26.3 Å². The van der Waals surface area contributed by atoms with E-state index in [9.17, 15) is 9.59 Å². The molecule has 0 aromatic heterocycles. The summed E-state index contributed by atoms with van der Waals surface area (Å²) in [7, 11) is 1.35. The molecule has 0 heterocycles. The number of rotatable bonds is 10. The first-order chi connectivity index (χ1) is 11.4. The Morgan fingerprint density at radius 3 is 2.54 bits per heavy atom. The van der Waals surface area contributed by atoms with Crippen LogP contribution in [0.4, 0.5) is 0 Å². The number of ether oxygens (including phenoxy) is 3. The zero-order valence-corrected chi connectivity index (χ0v) is 14.7. The van der Waals surface area contributed by atoms with Crippen LogP contribution in [-0.2, 0) is 9.53 Å². The zero-order chi connectivity index (χ0) is 18.1. The van der Waals surface area contributed by atoms with E-state index in [4.69, 9.17) is 30.9 Å². The summed E-state index contributed by atoms with van der Waals surface area (Å²) < 4.78 is 15.8. The molecular weight excluding hydrogens is 338 g/mol. The van der Waals surface area contributed by atoms with Gasteiger partial charge in [0, 0.05) is 12.7 Å². The number of hydrogen-bond donors (Lipinski definition) is 2. The molecule has 24 heavy (non-hydrogen) atoms. The molecule has 0 aliphatic carbocycles. The van der Waals surface area contributed by atoms with Gasteiger partial charge in [0.15, 0.2) is 17.5 Å². The summed E-state index contributed by atoms with van der Waals surface area (Å²) in [5.41, 5.74) is 0.176. The number of amides is 1. The predicted molar refractivity (Wildman–Crippen MR) is 89.2 cm³/mol. The smallest absolute Gasteiger partial charge is 0.328 e. The Hall–Kier alpha value is -1.99. The molecule has 1 atom stereocenters. The lowest BCUT2D eigenvalue weighted by Crippen LogP contribution is -2.43. The number of carbonyl (C=O) groups excluding carboxylic acids is 1. The summed E-state index contributed by atoms with van der Waals surface area (Å²) >= 11 is 6.18. The van der Waals surface area contributed by atoms with Crippen molar-refractivity contribution in [3.63, 3.8) is 0 Å². The van der Waals surface area contributed by atoms with Crippen molar-refractivity contribution in [1.29, 1.82) is 0 Å². The number of aliphatic carboxylic acids is 1. The van der Waals surface area contributed by atoms with Gasteiger partial charge in [0.1, 0.15) is 0 Å². The van der Waals surface area contributed by atoms with Crippen molar-refractivity contribution in [3.8, 4) is 11.5 Å². The highest BCUT2D eigenvalue weighted by Crippen LogP contribution is 2.36. The largest absolute Gasteiger partial charge is 0.490 e. The molecular formula is C16H22ClNO6. The fourth-order valence-corrected chi connectivity index (χ4v) is 2.15. The van der Waals surface area contributed by atoms with Crippen molar-refractivity contribution in [3.05, 3.63) is 22.7 Å². The first-order valence-corrected chi connectivity index (χ1v) is 7.94. The SMILES string of the molecule is CCCOc1c(Cl)cc(C(=O)NC(COC)C(=O)O)cc1OCC. The van der Waals surface area contributed by atoms with Crippen LogP contribution in [0.3, 0.4) is 0 Å². The minimum Gasteiger partial charge on any atom is -0.490 e. The molecule has 134 valence electrons. The van der Waals surface area contributed by atoms with E-state index < -0.39 is 17.9 Å². The van der Waals surface area contributed by atoms with E-state index in [1.165, 1.54) is 19.2 Å². The quantitative estimate of drug-likeness (QED) is 0.666. The molecule has 0 aliphatic rings. The lowest BCUT2D eigenvalue weighted by atomic mass is 10.1. The number of carboxylic acid groups (broad SMARTS) is 1. The van der Waals surface area contributed by atoms with Gasteiger partial charge in [-0.05, 0) is 25.5 Å². The topological polar surface area (TPSA) is 94.1 Å². The molecule has 0 bridgehead atoms. The van der Waals surface area contributed by atoms with Crippen LogP contribution in [0.5, 0.6) is 11.5 Å². The Kier molecular flexibility index (Phi) is 8.35. The molecule has 0 saturated heterocycles. The number of nitrogens with one attached hydrogen (secondary N) is 1. The molecule has 0 radical (unpaired) electrons. The minimum absolute atomic E-state index is 0.148. The molecule has 7 nitrogen and oxygen atoms in total. The second-order valence-corrected chi connectivity index (χ2v) is 5.29. The van der Waals surface area contributed by atoms with Gasteiger partial charge >= 0.3 is 5.97 Å². The summed E-state index contributed by atoms with van der Waals surface area (Å²) in [6.45, 7) is 4.43. The van der Waals surface area contributed by atoms with Crippen molar-refractivity contribution in [1.82, 2.24) is 5.32 Å². The number of hydrogen-bond acceptors (Lipinski definition) is 5. The molecule has 1 rings (SSSR count). The van der Waals surface area contributed by atoms with Crippen LogP contribution in [0.25, 0.3) is 0 Å². The molecule has 2 N–H and O–H groups in total. The van der Waals surface area contributed by atoms with Crippen molar-refractivity contribution >= 4 is 23.5 Å². The minimum atomic E-state index is -1.19. The molecule has 1 aromatic carbocycles. The summed E-state index contributed by atoms with van der Waals surface area (Å²) in [5.74, 6) is -1.08. The van der Waals surface area contributed by atoms with Crippen LogP contribution in [0, 0.1) is 0 Å². The van der Waals surface area contributed by atoms with Crippen LogP contribution >= 0.6 is 11.6 Å². The first-order valence-electron chi connectivity index (χ1n) is 7.56. The molecule has 0 spiro atoms. The number of halogens is 1. The number of benzene rings is 1. The maximum atomic E-state index is 12.3. The highest BCUT2D eigenvalue weighted by Gasteiger charge is 2.22. The van der Waals surface area contributed by atoms with Gasteiger partial charge in [0.05, 0.1) is 24.8 Å². The molecule has 8 heteroatoms. The first kappa shape index (κ1) is 20.1. The van der Waals surface area contributed by atoms with Crippen molar-refractivity contribution in [2.24, 2.45) is 0 Å². The normalized spacial score (nSPS) is 11.7. The fraction of sp³-hybridized carbons (Fsp3) is 0.500. The summed E-state index contributed by atoms with van der Waals surface area (Å²) in [4.78, 5) is 23.4. The van der Waals surface area contributed by atoms with E-state index in [0.717, 1.165) is 6.42 Å². The van der Waals surface area contributed by atoms with Gasteiger partial charge in [-0.3, -0.25) is 4.79 Å². The third-order valence-corrected chi connectivity index (χ3v) is 3.24. The second kappa shape index (κ2) is 10.00. The van der Waals surface area contributed by atoms with E-state index in [-0.39, 0.29) is 17.2 Å². The molecule has 1 amide bonds. The Morgan fingerprint density at radius 1 is 1.29 bits per heavy atom. The van der Waals surface area contributed by atoms with Gasteiger partial charge in [-0.15, -0.1) is 0 Å². The Labute approximate surface area is 145 Å². The number of carbonyl (C=O) groups is 2. The molecule has 1 unspecified atom stereocenters. The van der Waals surface area contributed by atoms with Crippen LogP contribution in [0.2, 0.25) is 5.02 Å². The van der Waals surface area contributed by atoms with E-state index >= 15 is 0 Å².